The topological polar surface area (TPSA) is 3.01 Å². The summed E-state index contributed by atoms with van der Waals surface area (Å²) in [6.45, 7) is 5.65. The molecule has 0 saturated carbocycles. The van der Waals surface area contributed by atoms with Crippen molar-refractivity contribution in [3.05, 3.63) is 0 Å². The first-order valence-electron chi connectivity index (χ1n) is 2.52. The molecule has 2 unspecified atom stereocenters. The van der Waals surface area contributed by atoms with Crippen LogP contribution in [0.4, 0.5) is 4.48 Å². The third-order valence-corrected chi connectivity index (χ3v) is 1.85. The van der Waals surface area contributed by atoms with E-state index in [0.717, 1.165) is 5.12 Å². The maximum absolute atomic E-state index is 12.1. The normalized spacial score (nSPS) is 46.3. The zero-order valence-electron chi connectivity index (χ0n) is 4.90. The lowest BCUT2D eigenvalue weighted by molar-refractivity contribution is 0.131. The van der Waals surface area contributed by atoms with Crippen LogP contribution in [0.25, 0.3) is 0 Å². The highest BCUT2D eigenvalue weighted by Gasteiger charge is 2.53. The molecule has 0 amide bonds. The van der Waals surface area contributed by atoms with E-state index in [9.17, 15) is 4.48 Å². The van der Waals surface area contributed by atoms with E-state index in [-0.39, 0.29) is 11.6 Å². The van der Waals surface area contributed by atoms with Gasteiger partial charge in [-0.2, -0.15) is 0 Å². The highest BCUT2D eigenvalue weighted by Crippen LogP contribution is 2.39. The van der Waals surface area contributed by atoms with E-state index in [1.807, 2.05) is 20.8 Å². The highest BCUT2D eigenvalue weighted by atomic mass is 19.2. The number of hydrogen-bond donors (Lipinski definition) is 0. The fourth-order valence-electron chi connectivity index (χ4n) is 0.630. The van der Waals surface area contributed by atoms with Gasteiger partial charge in [0, 0.05) is 0 Å². The van der Waals surface area contributed by atoms with E-state index in [4.69, 9.17) is 0 Å². The summed E-state index contributed by atoms with van der Waals surface area (Å²) >= 11 is 0. The molecule has 0 aromatic heterocycles. The lowest BCUT2D eigenvalue weighted by Crippen LogP contribution is -2.00. The molecule has 1 saturated heterocycles. The van der Waals surface area contributed by atoms with Crippen LogP contribution < -0.4 is 0 Å². The first-order chi connectivity index (χ1) is 3.07. The Bertz CT molecular complexity index is 80.1. The molecule has 1 fully saturated rings. The van der Waals surface area contributed by atoms with Crippen LogP contribution in [0.1, 0.15) is 20.8 Å². The van der Waals surface area contributed by atoms with Crippen molar-refractivity contribution < 1.29 is 4.48 Å². The van der Waals surface area contributed by atoms with E-state index in [1.54, 1.807) is 0 Å². The molecule has 1 rings (SSSR count). The van der Waals surface area contributed by atoms with Crippen molar-refractivity contribution in [2.75, 3.05) is 0 Å². The van der Waals surface area contributed by atoms with Crippen LogP contribution in [0.5, 0.6) is 0 Å². The predicted octanol–water partition coefficient (Wildman–Crippen LogP) is 1.35. The second-order valence-corrected chi connectivity index (χ2v) is 2.64. The van der Waals surface area contributed by atoms with Gasteiger partial charge in [-0.05, 0) is 20.8 Å². The van der Waals surface area contributed by atoms with Gasteiger partial charge in [0.05, 0.1) is 11.6 Å². The van der Waals surface area contributed by atoms with Gasteiger partial charge < -0.3 is 0 Å². The van der Waals surface area contributed by atoms with E-state index in [2.05, 4.69) is 0 Å². The van der Waals surface area contributed by atoms with Gasteiger partial charge in [0.25, 0.3) is 0 Å². The standard InChI is InChI=1S/C5H10FN/c1-4-5(2,3)7(4)6/h4H,1-3H3. The zero-order valence-corrected chi connectivity index (χ0v) is 4.90. The minimum absolute atomic E-state index is 0.132. The lowest BCUT2D eigenvalue weighted by Gasteiger charge is -1.90. The maximum Gasteiger partial charge on any atom is 0.0638 e. The second-order valence-electron chi connectivity index (χ2n) is 2.64. The molecule has 1 aliphatic heterocycles. The largest absolute Gasteiger partial charge is 0.134 e. The van der Waals surface area contributed by atoms with Crippen LogP contribution in [0.2, 0.25) is 0 Å². The predicted molar refractivity (Wildman–Crippen MR) is 26.5 cm³/mol. The molecule has 0 aliphatic carbocycles. The molecule has 1 aliphatic rings. The summed E-state index contributed by atoms with van der Waals surface area (Å²) in [5.41, 5.74) is -0.167. The van der Waals surface area contributed by atoms with Gasteiger partial charge in [-0.25, -0.2) is 0 Å². The molecule has 0 bridgehead atoms. The molecule has 0 N–H and O–H groups in total. The summed E-state index contributed by atoms with van der Waals surface area (Å²) in [6.07, 6.45) is 0. The van der Waals surface area contributed by atoms with E-state index in [1.165, 1.54) is 0 Å². The maximum atomic E-state index is 12.1. The van der Waals surface area contributed by atoms with Crippen LogP contribution in [0.3, 0.4) is 0 Å². The summed E-state index contributed by atoms with van der Waals surface area (Å²) in [4.78, 5) is 0. The molecule has 7 heavy (non-hydrogen) atoms. The molecular formula is C5H10FN. The van der Waals surface area contributed by atoms with Crippen LogP contribution in [0, 0.1) is 0 Å². The second kappa shape index (κ2) is 0.996. The monoisotopic (exact) mass is 103 g/mol. The lowest BCUT2D eigenvalue weighted by atomic mass is 10.2. The molecular weight excluding hydrogens is 93.1 g/mol. The molecule has 1 nitrogen and oxygen atoms in total. The Morgan fingerprint density at radius 2 is 1.71 bits per heavy atom. The Labute approximate surface area is 43.1 Å². The minimum Gasteiger partial charge on any atom is -0.134 e. The first kappa shape index (κ1) is 5.04. The van der Waals surface area contributed by atoms with Crippen molar-refractivity contribution in [3.8, 4) is 0 Å². The molecule has 2 heteroatoms. The average Bonchev–Trinajstić information content (AvgIpc) is 1.91. The number of hydrogen-bond acceptors (Lipinski definition) is 1. The third-order valence-electron chi connectivity index (χ3n) is 1.85. The van der Waals surface area contributed by atoms with Crippen molar-refractivity contribution in [3.63, 3.8) is 0 Å². The van der Waals surface area contributed by atoms with Gasteiger partial charge in [0.15, 0.2) is 0 Å². The summed E-state index contributed by atoms with van der Waals surface area (Å²) in [5, 5.41) is 0.854. The van der Waals surface area contributed by atoms with Gasteiger partial charge >= 0.3 is 0 Å². The van der Waals surface area contributed by atoms with Gasteiger partial charge in [-0.3, -0.25) is 0 Å². The molecule has 1 heterocycles. The van der Waals surface area contributed by atoms with Crippen LogP contribution in [-0.2, 0) is 0 Å². The summed E-state index contributed by atoms with van der Waals surface area (Å²) < 4.78 is 12.1. The fourth-order valence-corrected chi connectivity index (χ4v) is 0.630. The smallest absolute Gasteiger partial charge is 0.0638 e. The van der Waals surface area contributed by atoms with E-state index < -0.39 is 0 Å². The Balaban J connectivity index is 2.52. The number of nitrogens with zero attached hydrogens (tertiary/aromatic N) is 1. The average molecular weight is 103 g/mol. The van der Waals surface area contributed by atoms with Crippen molar-refractivity contribution in [1.29, 1.82) is 0 Å². The summed E-state index contributed by atoms with van der Waals surface area (Å²) in [6, 6.07) is 0.132. The van der Waals surface area contributed by atoms with Gasteiger partial charge in [-0.1, -0.05) is 0 Å². The van der Waals surface area contributed by atoms with Gasteiger partial charge in [0.1, 0.15) is 0 Å². The van der Waals surface area contributed by atoms with E-state index >= 15 is 0 Å². The number of halogens is 1. The molecule has 0 aromatic rings. The molecule has 0 spiro atoms. The summed E-state index contributed by atoms with van der Waals surface area (Å²) in [7, 11) is 0. The first-order valence-corrected chi connectivity index (χ1v) is 2.52. The molecule has 2 atom stereocenters. The quantitative estimate of drug-likeness (QED) is 0.330. The van der Waals surface area contributed by atoms with Crippen molar-refractivity contribution in [2.24, 2.45) is 0 Å². The summed E-state index contributed by atoms with van der Waals surface area (Å²) in [5.74, 6) is 0. The Morgan fingerprint density at radius 3 is 1.71 bits per heavy atom. The van der Waals surface area contributed by atoms with Crippen molar-refractivity contribution >= 4 is 0 Å². The SMILES string of the molecule is CC1N(F)C1(C)C. The van der Waals surface area contributed by atoms with E-state index in [0.29, 0.717) is 0 Å². The Hall–Kier alpha value is -0.110. The third kappa shape index (κ3) is 0.462. The van der Waals surface area contributed by atoms with Gasteiger partial charge in [0.2, 0.25) is 0 Å². The number of rotatable bonds is 0. The highest BCUT2D eigenvalue weighted by molar-refractivity contribution is 5.03. The molecule has 0 radical (unpaired) electrons. The van der Waals surface area contributed by atoms with Crippen LogP contribution in [-0.4, -0.2) is 16.7 Å². The fraction of sp³-hybridized carbons (Fsp3) is 1.00. The minimum atomic E-state index is -0.167. The molecule has 42 valence electrons. The zero-order chi connectivity index (χ0) is 5.65. The van der Waals surface area contributed by atoms with Crippen molar-refractivity contribution in [1.82, 2.24) is 5.12 Å². The van der Waals surface area contributed by atoms with Crippen molar-refractivity contribution in [2.45, 2.75) is 32.4 Å². The van der Waals surface area contributed by atoms with Crippen LogP contribution >= 0.6 is 0 Å². The Morgan fingerprint density at radius 1 is 1.57 bits per heavy atom. The molecule has 0 aromatic carbocycles. The van der Waals surface area contributed by atoms with Crippen LogP contribution in [0.15, 0.2) is 0 Å². The Kier molecular flexibility index (Phi) is 0.717. The van der Waals surface area contributed by atoms with Gasteiger partial charge in [-0.15, -0.1) is 9.60 Å².